The molecule has 1 aromatic carbocycles. The summed E-state index contributed by atoms with van der Waals surface area (Å²) in [5.74, 6) is -0.850. The summed E-state index contributed by atoms with van der Waals surface area (Å²) >= 11 is 3.19. The molecule has 1 aliphatic heterocycles. The molecule has 0 saturated carbocycles. The maximum absolute atomic E-state index is 11.0. The number of carbonyl (C=O) groups is 1. The maximum Gasteiger partial charge on any atom is 0.335 e. The average molecular weight is 300 g/mol. The number of carboxylic acid groups (broad SMARTS) is 1. The van der Waals surface area contributed by atoms with Gasteiger partial charge in [-0.25, -0.2) is 4.79 Å². The highest BCUT2D eigenvalue weighted by Crippen LogP contribution is 2.36. The van der Waals surface area contributed by atoms with Crippen molar-refractivity contribution in [1.29, 1.82) is 0 Å². The van der Waals surface area contributed by atoms with Crippen LogP contribution in [0.5, 0.6) is 5.75 Å². The standard InChI is InChI=1S/C12H14BrNO3/c13-9-6-7(12(16)17)5-8(11(9)15)10-3-1-2-4-14-10/h5-6,10,14-15H,1-4H2,(H,16,17)/t10-/m1/s1. The molecule has 0 aliphatic carbocycles. The summed E-state index contributed by atoms with van der Waals surface area (Å²) < 4.78 is 0.430. The second kappa shape index (κ2) is 5.06. The fraction of sp³-hybridized carbons (Fsp3) is 0.417. The van der Waals surface area contributed by atoms with Crippen LogP contribution in [0.2, 0.25) is 0 Å². The predicted octanol–water partition coefficient (Wildman–Crippen LogP) is 2.67. The van der Waals surface area contributed by atoms with Crippen molar-refractivity contribution < 1.29 is 15.0 Å². The van der Waals surface area contributed by atoms with Gasteiger partial charge in [-0.05, 0) is 47.4 Å². The highest BCUT2D eigenvalue weighted by atomic mass is 79.9. The Hall–Kier alpha value is -1.07. The molecule has 1 fully saturated rings. The fourth-order valence-electron chi connectivity index (χ4n) is 2.13. The first kappa shape index (κ1) is 12.4. The Morgan fingerprint density at radius 1 is 1.41 bits per heavy atom. The number of halogens is 1. The third kappa shape index (κ3) is 2.61. The zero-order valence-corrected chi connectivity index (χ0v) is 10.8. The first-order chi connectivity index (χ1) is 8.09. The van der Waals surface area contributed by atoms with Crippen molar-refractivity contribution in [3.05, 3.63) is 27.7 Å². The second-order valence-corrected chi connectivity index (χ2v) is 5.06. The van der Waals surface area contributed by atoms with E-state index in [1.807, 2.05) is 0 Å². The van der Waals surface area contributed by atoms with Crippen LogP contribution in [0.4, 0.5) is 0 Å². The Balaban J connectivity index is 2.40. The van der Waals surface area contributed by atoms with E-state index in [-0.39, 0.29) is 17.4 Å². The Morgan fingerprint density at radius 2 is 2.18 bits per heavy atom. The van der Waals surface area contributed by atoms with Crippen molar-refractivity contribution in [2.45, 2.75) is 25.3 Å². The van der Waals surface area contributed by atoms with Crippen LogP contribution in [-0.2, 0) is 0 Å². The van der Waals surface area contributed by atoms with Crippen LogP contribution in [-0.4, -0.2) is 22.7 Å². The highest BCUT2D eigenvalue weighted by Gasteiger charge is 2.21. The third-order valence-corrected chi connectivity index (χ3v) is 3.63. The van der Waals surface area contributed by atoms with Crippen LogP contribution in [0.25, 0.3) is 0 Å². The molecule has 1 aromatic rings. The van der Waals surface area contributed by atoms with E-state index in [4.69, 9.17) is 5.11 Å². The van der Waals surface area contributed by atoms with Gasteiger partial charge in [-0.1, -0.05) is 6.42 Å². The highest BCUT2D eigenvalue weighted by molar-refractivity contribution is 9.10. The summed E-state index contributed by atoms with van der Waals surface area (Å²) in [6, 6.07) is 3.01. The predicted molar refractivity (Wildman–Crippen MR) is 67.4 cm³/mol. The zero-order chi connectivity index (χ0) is 12.4. The van der Waals surface area contributed by atoms with Crippen LogP contribution < -0.4 is 5.32 Å². The van der Waals surface area contributed by atoms with Gasteiger partial charge in [0.05, 0.1) is 10.0 Å². The molecule has 1 aliphatic rings. The van der Waals surface area contributed by atoms with Gasteiger partial charge in [0.1, 0.15) is 5.75 Å². The third-order valence-electron chi connectivity index (χ3n) is 3.03. The van der Waals surface area contributed by atoms with Crippen LogP contribution in [0.3, 0.4) is 0 Å². The lowest BCUT2D eigenvalue weighted by Gasteiger charge is -2.25. The summed E-state index contributed by atoms with van der Waals surface area (Å²) in [7, 11) is 0. The molecule has 2 rings (SSSR count). The molecule has 17 heavy (non-hydrogen) atoms. The molecule has 0 aromatic heterocycles. The minimum Gasteiger partial charge on any atom is -0.506 e. The minimum atomic E-state index is -0.984. The van der Waals surface area contributed by atoms with Gasteiger partial charge >= 0.3 is 5.97 Å². The number of hydrogen-bond donors (Lipinski definition) is 3. The lowest BCUT2D eigenvalue weighted by atomic mass is 9.95. The topological polar surface area (TPSA) is 69.6 Å². The van der Waals surface area contributed by atoms with E-state index in [0.29, 0.717) is 10.0 Å². The van der Waals surface area contributed by atoms with E-state index in [1.165, 1.54) is 6.07 Å². The SMILES string of the molecule is O=C(O)c1cc(Br)c(O)c([C@H]2CCCCN2)c1. The minimum absolute atomic E-state index is 0.0411. The van der Waals surface area contributed by atoms with Crippen molar-refractivity contribution >= 4 is 21.9 Å². The lowest BCUT2D eigenvalue weighted by Crippen LogP contribution is -2.27. The molecule has 1 heterocycles. The molecule has 4 nitrogen and oxygen atoms in total. The molecule has 0 spiro atoms. The van der Waals surface area contributed by atoms with E-state index in [2.05, 4.69) is 21.2 Å². The summed E-state index contributed by atoms with van der Waals surface area (Å²) in [4.78, 5) is 11.0. The molecule has 92 valence electrons. The Labute approximate surface area is 108 Å². The van der Waals surface area contributed by atoms with Crippen LogP contribution in [0.1, 0.15) is 41.2 Å². The van der Waals surface area contributed by atoms with Crippen molar-refractivity contribution in [2.24, 2.45) is 0 Å². The number of aromatic hydroxyl groups is 1. The lowest BCUT2D eigenvalue weighted by molar-refractivity contribution is 0.0696. The van der Waals surface area contributed by atoms with E-state index in [1.54, 1.807) is 6.07 Å². The van der Waals surface area contributed by atoms with Gasteiger partial charge in [-0.2, -0.15) is 0 Å². The molecular weight excluding hydrogens is 286 g/mol. The molecule has 3 N–H and O–H groups in total. The number of rotatable bonds is 2. The first-order valence-electron chi connectivity index (χ1n) is 5.58. The van der Waals surface area contributed by atoms with Gasteiger partial charge in [0, 0.05) is 11.6 Å². The van der Waals surface area contributed by atoms with Crippen LogP contribution in [0, 0.1) is 0 Å². The van der Waals surface area contributed by atoms with Crippen molar-refractivity contribution in [1.82, 2.24) is 5.32 Å². The number of nitrogens with one attached hydrogen (secondary N) is 1. The Kier molecular flexibility index (Phi) is 3.69. The number of aromatic carboxylic acids is 1. The number of phenols is 1. The smallest absolute Gasteiger partial charge is 0.335 e. The van der Waals surface area contributed by atoms with Crippen LogP contribution >= 0.6 is 15.9 Å². The van der Waals surface area contributed by atoms with Crippen molar-refractivity contribution in [3.63, 3.8) is 0 Å². The number of benzene rings is 1. The van der Waals surface area contributed by atoms with E-state index < -0.39 is 5.97 Å². The zero-order valence-electron chi connectivity index (χ0n) is 9.24. The summed E-state index contributed by atoms with van der Waals surface area (Å²) in [5, 5.41) is 22.3. The van der Waals surface area contributed by atoms with Gasteiger partial charge in [0.15, 0.2) is 0 Å². The van der Waals surface area contributed by atoms with Gasteiger partial charge in [0.25, 0.3) is 0 Å². The molecule has 1 saturated heterocycles. The monoisotopic (exact) mass is 299 g/mol. The Bertz CT molecular complexity index is 442. The Morgan fingerprint density at radius 3 is 2.76 bits per heavy atom. The van der Waals surface area contributed by atoms with Gasteiger partial charge < -0.3 is 15.5 Å². The van der Waals surface area contributed by atoms with E-state index in [9.17, 15) is 9.90 Å². The normalized spacial score (nSPS) is 20.2. The second-order valence-electron chi connectivity index (χ2n) is 4.20. The van der Waals surface area contributed by atoms with E-state index >= 15 is 0 Å². The summed E-state index contributed by atoms with van der Waals surface area (Å²) in [6.07, 6.45) is 3.13. The molecule has 0 bridgehead atoms. The molecule has 0 unspecified atom stereocenters. The van der Waals surface area contributed by atoms with E-state index in [0.717, 1.165) is 25.8 Å². The molecular formula is C12H14BrNO3. The number of hydrogen-bond acceptors (Lipinski definition) is 3. The summed E-state index contributed by atoms with van der Waals surface area (Å²) in [6.45, 7) is 0.902. The molecule has 5 heteroatoms. The largest absolute Gasteiger partial charge is 0.506 e. The quantitative estimate of drug-likeness (QED) is 0.785. The van der Waals surface area contributed by atoms with Crippen molar-refractivity contribution in [2.75, 3.05) is 6.54 Å². The number of piperidine rings is 1. The van der Waals surface area contributed by atoms with Crippen LogP contribution in [0.15, 0.2) is 16.6 Å². The summed E-state index contributed by atoms with van der Waals surface area (Å²) in [5.41, 5.74) is 0.855. The molecule has 0 radical (unpaired) electrons. The number of carboxylic acids is 1. The van der Waals surface area contributed by atoms with Gasteiger partial charge in [-0.3, -0.25) is 0 Å². The van der Waals surface area contributed by atoms with Gasteiger partial charge in [0.2, 0.25) is 0 Å². The average Bonchev–Trinajstić information content (AvgIpc) is 2.33. The molecule has 0 amide bonds. The number of phenolic OH excluding ortho intramolecular Hbond substituents is 1. The van der Waals surface area contributed by atoms with Gasteiger partial charge in [-0.15, -0.1) is 0 Å². The fourth-order valence-corrected chi connectivity index (χ4v) is 2.60. The van der Waals surface area contributed by atoms with Crippen molar-refractivity contribution in [3.8, 4) is 5.75 Å². The maximum atomic E-state index is 11.0. The molecule has 1 atom stereocenters. The first-order valence-corrected chi connectivity index (χ1v) is 6.38.